The maximum Gasteiger partial charge on any atom is 0.203 e. The van der Waals surface area contributed by atoms with Gasteiger partial charge in [0.05, 0.1) is 24.2 Å². The molecule has 2 aliphatic rings. The highest BCUT2D eigenvalue weighted by Gasteiger charge is 2.35. The summed E-state index contributed by atoms with van der Waals surface area (Å²) in [6, 6.07) is 8.85. The molecule has 2 fully saturated rings. The zero-order valence-corrected chi connectivity index (χ0v) is 12.5. The fraction of sp³-hybridized carbons (Fsp3) is 0.562. The van der Waals surface area contributed by atoms with E-state index in [1.54, 1.807) is 0 Å². The molecule has 1 aromatic heterocycles. The number of hydrogen-bond acceptors (Lipinski definition) is 4. The van der Waals surface area contributed by atoms with Crippen molar-refractivity contribution in [1.82, 2.24) is 14.9 Å². The van der Waals surface area contributed by atoms with E-state index in [9.17, 15) is 0 Å². The Kier molecular flexibility index (Phi) is 3.31. The summed E-state index contributed by atoms with van der Waals surface area (Å²) in [6.07, 6.45) is 0. The smallest absolute Gasteiger partial charge is 0.203 e. The van der Waals surface area contributed by atoms with Gasteiger partial charge in [0.25, 0.3) is 0 Å². The Labute approximate surface area is 124 Å². The summed E-state index contributed by atoms with van der Waals surface area (Å²) in [5, 5.41) is 0. The van der Waals surface area contributed by atoms with Crippen molar-refractivity contribution in [1.29, 1.82) is 0 Å². The second-order valence-electron chi connectivity index (χ2n) is 6.18. The number of benzene rings is 1. The molecule has 4 rings (SSSR count). The van der Waals surface area contributed by atoms with Gasteiger partial charge in [0.15, 0.2) is 0 Å². The van der Waals surface area contributed by atoms with Crippen molar-refractivity contribution >= 4 is 17.0 Å². The summed E-state index contributed by atoms with van der Waals surface area (Å²) in [5.74, 6) is 1.68. The Hall–Kier alpha value is -1.59. The number of aromatic nitrogens is 2. The molecular formula is C16H22N4O. The van der Waals surface area contributed by atoms with Gasteiger partial charge in [-0.2, -0.15) is 0 Å². The van der Waals surface area contributed by atoms with E-state index in [0.29, 0.717) is 12.0 Å². The summed E-state index contributed by atoms with van der Waals surface area (Å²) >= 11 is 0. The molecule has 0 aliphatic carbocycles. The highest BCUT2D eigenvalue weighted by Crippen LogP contribution is 2.27. The van der Waals surface area contributed by atoms with Crippen LogP contribution in [0, 0.1) is 5.92 Å². The second kappa shape index (κ2) is 5.31. The van der Waals surface area contributed by atoms with Gasteiger partial charge in [0.1, 0.15) is 0 Å². The van der Waals surface area contributed by atoms with E-state index < -0.39 is 0 Å². The number of aromatic amines is 1. The molecule has 2 atom stereocenters. The predicted molar refractivity (Wildman–Crippen MR) is 83.7 cm³/mol. The average Bonchev–Trinajstić information content (AvgIpc) is 3.11. The number of nitrogens with zero attached hydrogens (tertiary/aromatic N) is 3. The van der Waals surface area contributed by atoms with Gasteiger partial charge in [0.2, 0.25) is 5.95 Å². The average molecular weight is 286 g/mol. The summed E-state index contributed by atoms with van der Waals surface area (Å²) in [7, 11) is 0. The van der Waals surface area contributed by atoms with Crippen LogP contribution in [0.4, 0.5) is 5.95 Å². The third-order valence-electron chi connectivity index (χ3n) is 4.76. The first-order chi connectivity index (χ1) is 10.3. The molecule has 0 spiro atoms. The lowest BCUT2D eigenvalue weighted by molar-refractivity contribution is 0.0134. The molecule has 0 radical (unpaired) electrons. The van der Waals surface area contributed by atoms with Crippen LogP contribution >= 0.6 is 0 Å². The Morgan fingerprint density at radius 1 is 1.19 bits per heavy atom. The van der Waals surface area contributed by atoms with Crippen LogP contribution in [0.2, 0.25) is 0 Å². The normalized spacial score (nSPS) is 27.6. The van der Waals surface area contributed by atoms with Gasteiger partial charge in [0, 0.05) is 32.2 Å². The van der Waals surface area contributed by atoms with Crippen molar-refractivity contribution in [2.24, 2.45) is 5.92 Å². The van der Waals surface area contributed by atoms with Gasteiger partial charge in [-0.3, -0.25) is 4.90 Å². The van der Waals surface area contributed by atoms with Crippen LogP contribution in [0.15, 0.2) is 24.3 Å². The molecule has 0 saturated carbocycles. The standard InChI is InChI=1S/C16H22N4O/c1-12-10-20(11-15(12)19-6-8-21-9-7-19)16-17-13-4-2-3-5-14(13)18-16/h2-5,12,15H,6-11H2,1H3,(H,17,18). The second-order valence-corrected chi connectivity index (χ2v) is 6.18. The van der Waals surface area contributed by atoms with Crippen molar-refractivity contribution in [3.05, 3.63) is 24.3 Å². The lowest BCUT2D eigenvalue weighted by Crippen LogP contribution is -2.46. The Bertz CT molecular complexity index is 587. The molecule has 0 bridgehead atoms. The molecule has 2 saturated heterocycles. The molecule has 21 heavy (non-hydrogen) atoms. The lowest BCUT2D eigenvalue weighted by Gasteiger charge is -2.33. The van der Waals surface area contributed by atoms with Crippen LogP contribution in [0.3, 0.4) is 0 Å². The number of ether oxygens (including phenoxy) is 1. The third-order valence-corrected chi connectivity index (χ3v) is 4.76. The van der Waals surface area contributed by atoms with E-state index in [1.807, 2.05) is 12.1 Å². The van der Waals surface area contributed by atoms with Gasteiger partial charge in [-0.05, 0) is 18.1 Å². The number of nitrogens with one attached hydrogen (secondary N) is 1. The molecule has 2 aliphatic heterocycles. The molecule has 112 valence electrons. The summed E-state index contributed by atoms with van der Waals surface area (Å²) in [5.41, 5.74) is 2.17. The summed E-state index contributed by atoms with van der Waals surface area (Å²) in [4.78, 5) is 13.2. The first-order valence-corrected chi connectivity index (χ1v) is 7.83. The van der Waals surface area contributed by atoms with Crippen molar-refractivity contribution in [3.63, 3.8) is 0 Å². The van der Waals surface area contributed by atoms with Crippen molar-refractivity contribution < 1.29 is 4.74 Å². The molecule has 5 heteroatoms. The SMILES string of the molecule is CC1CN(c2nc3ccccc3[nH]2)CC1N1CCOCC1. The van der Waals surface area contributed by atoms with E-state index in [0.717, 1.165) is 56.4 Å². The van der Waals surface area contributed by atoms with Crippen LogP contribution in [0.25, 0.3) is 11.0 Å². The van der Waals surface area contributed by atoms with Gasteiger partial charge >= 0.3 is 0 Å². The largest absolute Gasteiger partial charge is 0.379 e. The zero-order chi connectivity index (χ0) is 14.2. The van der Waals surface area contributed by atoms with E-state index in [-0.39, 0.29) is 0 Å². The maximum absolute atomic E-state index is 5.47. The quantitative estimate of drug-likeness (QED) is 0.913. The Morgan fingerprint density at radius 3 is 2.81 bits per heavy atom. The molecule has 2 unspecified atom stereocenters. The fourth-order valence-electron chi connectivity index (χ4n) is 3.60. The highest BCUT2D eigenvalue weighted by molar-refractivity contribution is 5.77. The van der Waals surface area contributed by atoms with Crippen molar-refractivity contribution in [2.75, 3.05) is 44.3 Å². The van der Waals surface area contributed by atoms with E-state index in [2.05, 4.69) is 33.8 Å². The van der Waals surface area contributed by atoms with Gasteiger partial charge in [-0.25, -0.2) is 4.98 Å². The van der Waals surface area contributed by atoms with Gasteiger partial charge in [-0.1, -0.05) is 19.1 Å². The van der Waals surface area contributed by atoms with Gasteiger partial charge in [-0.15, -0.1) is 0 Å². The van der Waals surface area contributed by atoms with E-state index >= 15 is 0 Å². The monoisotopic (exact) mass is 286 g/mol. The molecule has 5 nitrogen and oxygen atoms in total. The lowest BCUT2D eigenvalue weighted by atomic mass is 10.0. The molecule has 1 N–H and O–H groups in total. The number of imidazole rings is 1. The van der Waals surface area contributed by atoms with Crippen LogP contribution in [0.1, 0.15) is 6.92 Å². The molecular weight excluding hydrogens is 264 g/mol. The number of H-pyrrole nitrogens is 1. The molecule has 1 aromatic carbocycles. The summed E-state index contributed by atoms with van der Waals surface area (Å²) in [6.45, 7) is 8.33. The fourth-order valence-corrected chi connectivity index (χ4v) is 3.60. The molecule has 2 aromatic rings. The number of hydrogen-bond donors (Lipinski definition) is 1. The van der Waals surface area contributed by atoms with Crippen molar-refractivity contribution in [3.8, 4) is 0 Å². The minimum absolute atomic E-state index is 0.613. The molecule has 3 heterocycles. The van der Waals surface area contributed by atoms with Crippen LogP contribution in [0.5, 0.6) is 0 Å². The van der Waals surface area contributed by atoms with Crippen LogP contribution < -0.4 is 4.90 Å². The predicted octanol–water partition coefficient (Wildman–Crippen LogP) is 1.72. The minimum atomic E-state index is 0.613. The van der Waals surface area contributed by atoms with Crippen LogP contribution in [-0.4, -0.2) is 60.3 Å². The Morgan fingerprint density at radius 2 is 2.00 bits per heavy atom. The summed E-state index contributed by atoms with van der Waals surface area (Å²) < 4.78 is 5.47. The van der Waals surface area contributed by atoms with E-state index in [1.165, 1.54) is 0 Å². The first kappa shape index (κ1) is 13.1. The van der Waals surface area contributed by atoms with Crippen molar-refractivity contribution in [2.45, 2.75) is 13.0 Å². The maximum atomic E-state index is 5.47. The number of anilines is 1. The molecule has 0 amide bonds. The highest BCUT2D eigenvalue weighted by atomic mass is 16.5. The third kappa shape index (κ3) is 2.40. The number of morpholine rings is 1. The zero-order valence-electron chi connectivity index (χ0n) is 12.5. The number of para-hydroxylation sites is 2. The first-order valence-electron chi connectivity index (χ1n) is 7.83. The topological polar surface area (TPSA) is 44.4 Å². The number of fused-ring (bicyclic) bond motifs is 1. The Balaban J connectivity index is 1.54. The minimum Gasteiger partial charge on any atom is -0.379 e. The number of rotatable bonds is 2. The van der Waals surface area contributed by atoms with Gasteiger partial charge < -0.3 is 14.6 Å². The van der Waals surface area contributed by atoms with Crippen LogP contribution in [-0.2, 0) is 4.74 Å². The van der Waals surface area contributed by atoms with E-state index in [4.69, 9.17) is 9.72 Å².